The van der Waals surface area contributed by atoms with Gasteiger partial charge in [0, 0.05) is 11.6 Å². The number of methoxy groups -OCH3 is 1. The first-order chi connectivity index (χ1) is 11.7. The van der Waals surface area contributed by atoms with Crippen LogP contribution in [0.15, 0.2) is 72.8 Å². The fourth-order valence-corrected chi connectivity index (χ4v) is 2.28. The molecule has 3 aromatic carbocycles. The van der Waals surface area contributed by atoms with Crippen LogP contribution in [0.4, 0.5) is 0 Å². The first-order valence-corrected chi connectivity index (χ1v) is 7.42. The van der Waals surface area contributed by atoms with E-state index in [0.29, 0.717) is 17.1 Å². The van der Waals surface area contributed by atoms with Crippen LogP contribution in [0.2, 0.25) is 0 Å². The zero-order valence-electron chi connectivity index (χ0n) is 13.1. The molecule has 0 spiro atoms. The number of hydrogen-bond acceptors (Lipinski definition) is 4. The van der Waals surface area contributed by atoms with Crippen molar-refractivity contribution >= 4 is 5.78 Å². The van der Waals surface area contributed by atoms with E-state index >= 15 is 0 Å². The third kappa shape index (κ3) is 3.38. The van der Waals surface area contributed by atoms with Gasteiger partial charge in [-0.05, 0) is 48.5 Å². The Morgan fingerprint density at radius 3 is 2.08 bits per heavy atom. The highest BCUT2D eigenvalue weighted by Crippen LogP contribution is 2.27. The summed E-state index contributed by atoms with van der Waals surface area (Å²) in [6.45, 7) is 0. The zero-order valence-corrected chi connectivity index (χ0v) is 13.1. The molecule has 1 N–H and O–H groups in total. The van der Waals surface area contributed by atoms with Crippen molar-refractivity contribution in [1.82, 2.24) is 0 Å². The van der Waals surface area contributed by atoms with Gasteiger partial charge in [0.15, 0.2) is 5.78 Å². The summed E-state index contributed by atoms with van der Waals surface area (Å²) in [7, 11) is 1.50. The predicted molar refractivity (Wildman–Crippen MR) is 91.0 cm³/mol. The Balaban J connectivity index is 1.79. The lowest BCUT2D eigenvalue weighted by Crippen LogP contribution is -2.01. The van der Waals surface area contributed by atoms with Crippen molar-refractivity contribution in [3.8, 4) is 23.0 Å². The molecule has 0 fully saturated rings. The van der Waals surface area contributed by atoms with Crippen LogP contribution in [0.3, 0.4) is 0 Å². The summed E-state index contributed by atoms with van der Waals surface area (Å²) < 4.78 is 10.7. The van der Waals surface area contributed by atoms with Gasteiger partial charge in [0.2, 0.25) is 0 Å². The Labute approximate surface area is 139 Å². The van der Waals surface area contributed by atoms with Gasteiger partial charge < -0.3 is 14.6 Å². The SMILES string of the molecule is COc1ccc(C(=O)c2ccc(Oc3ccccc3)cc2)c(O)c1. The molecule has 0 aliphatic rings. The smallest absolute Gasteiger partial charge is 0.196 e. The number of ketones is 1. The lowest BCUT2D eigenvalue weighted by molar-refractivity contribution is 0.103. The minimum absolute atomic E-state index is 0.107. The second-order valence-corrected chi connectivity index (χ2v) is 5.15. The van der Waals surface area contributed by atoms with Crippen LogP contribution in [0.5, 0.6) is 23.0 Å². The average molecular weight is 320 g/mol. The van der Waals surface area contributed by atoms with Gasteiger partial charge >= 0.3 is 0 Å². The van der Waals surface area contributed by atoms with Gasteiger partial charge in [-0.15, -0.1) is 0 Å². The summed E-state index contributed by atoms with van der Waals surface area (Å²) >= 11 is 0. The predicted octanol–water partition coefficient (Wildman–Crippen LogP) is 4.42. The molecule has 0 radical (unpaired) electrons. The van der Waals surface area contributed by atoms with Gasteiger partial charge in [0.05, 0.1) is 12.7 Å². The molecular weight excluding hydrogens is 304 g/mol. The maximum absolute atomic E-state index is 12.5. The van der Waals surface area contributed by atoms with Gasteiger partial charge in [-0.25, -0.2) is 0 Å². The van der Waals surface area contributed by atoms with Gasteiger partial charge in [-0.1, -0.05) is 18.2 Å². The number of ether oxygens (including phenoxy) is 2. The normalized spacial score (nSPS) is 10.2. The molecule has 0 aliphatic heterocycles. The first-order valence-electron chi connectivity index (χ1n) is 7.42. The quantitative estimate of drug-likeness (QED) is 0.707. The molecule has 0 heterocycles. The third-order valence-electron chi connectivity index (χ3n) is 3.54. The third-order valence-corrected chi connectivity index (χ3v) is 3.54. The van der Waals surface area contributed by atoms with E-state index in [1.165, 1.54) is 13.2 Å². The summed E-state index contributed by atoms with van der Waals surface area (Å²) in [5.41, 5.74) is 0.698. The molecule has 3 aromatic rings. The number of benzene rings is 3. The molecular formula is C20H16O4. The first kappa shape index (κ1) is 15.6. The molecule has 0 saturated carbocycles. The number of hydrogen-bond donors (Lipinski definition) is 1. The van der Waals surface area contributed by atoms with E-state index in [-0.39, 0.29) is 17.1 Å². The summed E-state index contributed by atoms with van der Waals surface area (Å²) in [6, 6.07) is 20.8. The minimum Gasteiger partial charge on any atom is -0.507 e. The standard InChI is InChI=1S/C20H16O4/c1-23-17-11-12-18(19(21)13-17)20(22)14-7-9-16(10-8-14)24-15-5-3-2-4-6-15/h2-13,21H,1H3. The van der Waals surface area contributed by atoms with Crippen LogP contribution in [-0.2, 0) is 0 Å². The minimum atomic E-state index is -0.263. The molecule has 0 saturated heterocycles. The highest BCUT2D eigenvalue weighted by Gasteiger charge is 2.14. The summed E-state index contributed by atoms with van der Waals surface area (Å²) in [4.78, 5) is 12.5. The van der Waals surface area contributed by atoms with Crippen molar-refractivity contribution in [2.24, 2.45) is 0 Å². The number of carbonyl (C=O) groups excluding carboxylic acids is 1. The summed E-state index contributed by atoms with van der Waals surface area (Å²) in [5.74, 6) is 1.49. The van der Waals surface area contributed by atoms with Crippen LogP contribution in [0, 0.1) is 0 Å². The zero-order chi connectivity index (χ0) is 16.9. The number of carbonyl (C=O) groups is 1. The molecule has 120 valence electrons. The van der Waals surface area contributed by atoms with Gasteiger partial charge in [0.25, 0.3) is 0 Å². The maximum atomic E-state index is 12.5. The number of phenolic OH excluding ortho intramolecular Hbond substituents is 1. The van der Waals surface area contributed by atoms with Crippen LogP contribution in [0.25, 0.3) is 0 Å². The Kier molecular flexibility index (Phi) is 4.47. The van der Waals surface area contributed by atoms with Crippen LogP contribution >= 0.6 is 0 Å². The van der Waals surface area contributed by atoms with Crippen molar-refractivity contribution < 1.29 is 19.4 Å². The highest BCUT2D eigenvalue weighted by atomic mass is 16.5. The van der Waals surface area contributed by atoms with Crippen LogP contribution < -0.4 is 9.47 Å². The van der Waals surface area contributed by atoms with Gasteiger partial charge in [0.1, 0.15) is 23.0 Å². The topological polar surface area (TPSA) is 55.8 Å². The van der Waals surface area contributed by atoms with Crippen molar-refractivity contribution in [2.75, 3.05) is 7.11 Å². The summed E-state index contributed by atoms with van der Waals surface area (Å²) in [6.07, 6.45) is 0. The van der Waals surface area contributed by atoms with E-state index in [1.54, 1.807) is 36.4 Å². The van der Waals surface area contributed by atoms with E-state index in [2.05, 4.69) is 0 Å². The molecule has 0 bridgehead atoms. The van der Waals surface area contributed by atoms with E-state index in [0.717, 1.165) is 5.75 Å². The second kappa shape index (κ2) is 6.87. The van der Waals surface area contributed by atoms with Crippen molar-refractivity contribution in [2.45, 2.75) is 0 Å². The van der Waals surface area contributed by atoms with E-state index in [9.17, 15) is 9.90 Å². The molecule has 0 atom stereocenters. The fourth-order valence-electron chi connectivity index (χ4n) is 2.28. The molecule has 0 amide bonds. The Morgan fingerprint density at radius 2 is 1.46 bits per heavy atom. The average Bonchev–Trinajstić information content (AvgIpc) is 2.62. The Hall–Kier alpha value is -3.27. The highest BCUT2D eigenvalue weighted by molar-refractivity contribution is 6.10. The molecule has 3 rings (SSSR count). The lowest BCUT2D eigenvalue weighted by atomic mass is 10.0. The fraction of sp³-hybridized carbons (Fsp3) is 0.0500. The molecule has 24 heavy (non-hydrogen) atoms. The second-order valence-electron chi connectivity index (χ2n) is 5.15. The summed E-state index contributed by atoms with van der Waals surface area (Å²) in [5, 5.41) is 9.98. The molecule has 4 heteroatoms. The van der Waals surface area contributed by atoms with Crippen molar-refractivity contribution in [3.05, 3.63) is 83.9 Å². The molecule has 4 nitrogen and oxygen atoms in total. The molecule has 0 unspecified atom stereocenters. The number of rotatable bonds is 5. The number of phenols is 1. The van der Waals surface area contributed by atoms with E-state index < -0.39 is 0 Å². The Bertz CT molecular complexity index is 839. The van der Waals surface area contributed by atoms with Crippen molar-refractivity contribution in [1.29, 1.82) is 0 Å². The van der Waals surface area contributed by atoms with E-state index in [4.69, 9.17) is 9.47 Å². The largest absolute Gasteiger partial charge is 0.507 e. The number of aromatic hydroxyl groups is 1. The van der Waals surface area contributed by atoms with Crippen LogP contribution in [-0.4, -0.2) is 18.0 Å². The monoisotopic (exact) mass is 320 g/mol. The van der Waals surface area contributed by atoms with Gasteiger partial charge in [-0.3, -0.25) is 4.79 Å². The lowest BCUT2D eigenvalue weighted by Gasteiger charge is -2.08. The number of para-hydroxylation sites is 1. The van der Waals surface area contributed by atoms with Crippen molar-refractivity contribution in [3.63, 3.8) is 0 Å². The molecule has 0 aromatic heterocycles. The van der Waals surface area contributed by atoms with Crippen LogP contribution in [0.1, 0.15) is 15.9 Å². The van der Waals surface area contributed by atoms with Gasteiger partial charge in [-0.2, -0.15) is 0 Å². The van der Waals surface area contributed by atoms with E-state index in [1.807, 2.05) is 30.3 Å². The molecule has 0 aliphatic carbocycles. The Morgan fingerprint density at radius 1 is 0.833 bits per heavy atom. The maximum Gasteiger partial charge on any atom is 0.196 e.